The first-order valence-electron chi connectivity index (χ1n) is 7.67. The van der Waals surface area contributed by atoms with Crippen molar-refractivity contribution >= 4 is 5.91 Å². The van der Waals surface area contributed by atoms with Crippen molar-refractivity contribution < 1.29 is 9.21 Å². The van der Waals surface area contributed by atoms with E-state index in [9.17, 15) is 4.79 Å². The van der Waals surface area contributed by atoms with Crippen LogP contribution in [-0.2, 0) is 0 Å². The maximum atomic E-state index is 12.7. The van der Waals surface area contributed by atoms with Crippen LogP contribution in [0.25, 0.3) is 11.5 Å². The topological polar surface area (TPSA) is 80.0 Å². The molecular weight excluding hydrogens is 294 g/mol. The van der Waals surface area contributed by atoms with E-state index in [2.05, 4.69) is 19.7 Å². The van der Waals surface area contributed by atoms with Gasteiger partial charge in [0.05, 0.1) is 18.6 Å². The standard InChI is InChI=1S/C16H17N5O2/c22-16(14-9-13(18-19-14)15-4-2-8-23-15)20-6-1-3-12(10-20)21-7-5-17-11-21/h2,4-5,7-9,11-12H,1,3,6,10H2,(H,18,19)/t12-/m1/s1. The highest BCUT2D eigenvalue weighted by Crippen LogP contribution is 2.23. The summed E-state index contributed by atoms with van der Waals surface area (Å²) in [5, 5.41) is 7.00. The van der Waals surface area contributed by atoms with Crippen LogP contribution in [-0.4, -0.2) is 43.6 Å². The second-order valence-corrected chi connectivity index (χ2v) is 5.70. The van der Waals surface area contributed by atoms with Crippen molar-refractivity contribution in [3.05, 3.63) is 48.9 Å². The number of furan rings is 1. The fraction of sp³-hybridized carbons (Fsp3) is 0.312. The SMILES string of the molecule is O=C(c1cc(-c2ccco2)[nH]n1)N1CCC[C@@H](n2ccnc2)C1. The third kappa shape index (κ3) is 2.65. The van der Waals surface area contributed by atoms with Gasteiger partial charge in [-0.15, -0.1) is 0 Å². The molecule has 7 nitrogen and oxygen atoms in total. The lowest BCUT2D eigenvalue weighted by atomic mass is 10.1. The van der Waals surface area contributed by atoms with Crippen LogP contribution in [0.15, 0.2) is 47.6 Å². The molecule has 1 saturated heterocycles. The Morgan fingerprint density at radius 2 is 2.39 bits per heavy atom. The Bertz CT molecular complexity index is 775. The molecule has 0 aromatic carbocycles. The number of H-pyrrole nitrogens is 1. The van der Waals surface area contributed by atoms with Crippen LogP contribution >= 0.6 is 0 Å². The zero-order valence-corrected chi connectivity index (χ0v) is 12.6. The molecule has 4 heterocycles. The summed E-state index contributed by atoms with van der Waals surface area (Å²) in [7, 11) is 0. The molecule has 1 fully saturated rings. The number of piperidine rings is 1. The van der Waals surface area contributed by atoms with Gasteiger partial charge in [-0.3, -0.25) is 9.89 Å². The molecule has 23 heavy (non-hydrogen) atoms. The number of nitrogens with zero attached hydrogens (tertiary/aromatic N) is 4. The molecule has 0 aliphatic carbocycles. The van der Waals surface area contributed by atoms with Crippen molar-refractivity contribution in [1.82, 2.24) is 24.6 Å². The zero-order chi connectivity index (χ0) is 15.6. The van der Waals surface area contributed by atoms with E-state index in [4.69, 9.17) is 4.42 Å². The van der Waals surface area contributed by atoms with Crippen molar-refractivity contribution in [2.75, 3.05) is 13.1 Å². The molecule has 0 radical (unpaired) electrons. The number of aromatic nitrogens is 4. The average Bonchev–Trinajstić information content (AvgIpc) is 3.36. The van der Waals surface area contributed by atoms with E-state index in [1.807, 2.05) is 23.5 Å². The van der Waals surface area contributed by atoms with Crippen LogP contribution in [0.5, 0.6) is 0 Å². The highest BCUT2D eigenvalue weighted by molar-refractivity contribution is 5.93. The first-order valence-corrected chi connectivity index (χ1v) is 7.67. The molecule has 3 aromatic rings. The number of likely N-dealkylation sites (tertiary alicyclic amines) is 1. The van der Waals surface area contributed by atoms with Gasteiger partial charge >= 0.3 is 0 Å². The van der Waals surface area contributed by atoms with Crippen LogP contribution in [0.3, 0.4) is 0 Å². The first-order chi connectivity index (χ1) is 11.3. The Morgan fingerprint density at radius 1 is 1.43 bits per heavy atom. The lowest BCUT2D eigenvalue weighted by Crippen LogP contribution is -2.40. The minimum absolute atomic E-state index is 0.0520. The van der Waals surface area contributed by atoms with E-state index in [0.717, 1.165) is 19.4 Å². The number of amides is 1. The third-order valence-electron chi connectivity index (χ3n) is 4.21. The number of nitrogens with one attached hydrogen (secondary N) is 1. The number of hydrogen-bond acceptors (Lipinski definition) is 4. The number of carbonyl (C=O) groups is 1. The first kappa shape index (κ1) is 13.8. The van der Waals surface area contributed by atoms with Gasteiger partial charge in [0.15, 0.2) is 11.5 Å². The molecule has 118 valence electrons. The average molecular weight is 311 g/mol. The molecule has 0 bridgehead atoms. The molecule has 4 rings (SSSR count). The van der Waals surface area contributed by atoms with Crippen LogP contribution in [0.1, 0.15) is 29.4 Å². The van der Waals surface area contributed by atoms with Crippen LogP contribution in [0.2, 0.25) is 0 Å². The molecule has 0 unspecified atom stereocenters. The summed E-state index contributed by atoms with van der Waals surface area (Å²) in [4.78, 5) is 18.6. The predicted octanol–water partition coefficient (Wildman–Crippen LogP) is 2.34. The number of imidazole rings is 1. The summed E-state index contributed by atoms with van der Waals surface area (Å²) >= 11 is 0. The minimum Gasteiger partial charge on any atom is -0.463 e. The smallest absolute Gasteiger partial charge is 0.274 e. The minimum atomic E-state index is -0.0520. The number of aromatic amines is 1. The summed E-state index contributed by atoms with van der Waals surface area (Å²) in [6, 6.07) is 5.65. The Kier molecular flexibility index (Phi) is 3.45. The van der Waals surface area contributed by atoms with E-state index in [1.54, 1.807) is 24.6 Å². The van der Waals surface area contributed by atoms with E-state index >= 15 is 0 Å². The van der Waals surface area contributed by atoms with Gasteiger partial charge in [-0.25, -0.2) is 4.98 Å². The van der Waals surface area contributed by atoms with Crippen molar-refractivity contribution in [3.63, 3.8) is 0 Å². The zero-order valence-electron chi connectivity index (χ0n) is 12.6. The van der Waals surface area contributed by atoms with E-state index in [1.165, 1.54) is 0 Å². The highest BCUT2D eigenvalue weighted by atomic mass is 16.3. The van der Waals surface area contributed by atoms with Gasteiger partial charge in [-0.05, 0) is 25.0 Å². The van der Waals surface area contributed by atoms with Gasteiger partial charge in [0, 0.05) is 31.5 Å². The molecule has 1 atom stereocenters. The molecule has 1 N–H and O–H groups in total. The van der Waals surface area contributed by atoms with Gasteiger partial charge < -0.3 is 13.9 Å². The molecule has 0 saturated carbocycles. The number of hydrogen-bond donors (Lipinski definition) is 1. The van der Waals surface area contributed by atoms with Crippen molar-refractivity contribution in [3.8, 4) is 11.5 Å². The second-order valence-electron chi connectivity index (χ2n) is 5.70. The van der Waals surface area contributed by atoms with Crippen molar-refractivity contribution in [2.24, 2.45) is 0 Å². The van der Waals surface area contributed by atoms with E-state index in [-0.39, 0.29) is 11.9 Å². The molecule has 1 amide bonds. The predicted molar refractivity (Wildman–Crippen MR) is 82.7 cm³/mol. The van der Waals surface area contributed by atoms with Crippen molar-refractivity contribution in [1.29, 1.82) is 0 Å². The molecular formula is C16H17N5O2. The molecule has 1 aliphatic heterocycles. The van der Waals surface area contributed by atoms with Gasteiger partial charge in [0.2, 0.25) is 0 Å². The summed E-state index contributed by atoms with van der Waals surface area (Å²) in [6.45, 7) is 1.44. The lowest BCUT2D eigenvalue weighted by molar-refractivity contribution is 0.0673. The van der Waals surface area contributed by atoms with E-state index in [0.29, 0.717) is 23.7 Å². The summed E-state index contributed by atoms with van der Waals surface area (Å²) in [5.74, 6) is 0.621. The van der Waals surface area contributed by atoms with Gasteiger partial charge in [0.25, 0.3) is 5.91 Å². The monoisotopic (exact) mass is 311 g/mol. The molecule has 1 aliphatic rings. The Hall–Kier alpha value is -2.83. The summed E-state index contributed by atoms with van der Waals surface area (Å²) in [6.07, 6.45) is 9.15. The second kappa shape index (κ2) is 5.75. The number of rotatable bonds is 3. The van der Waals surface area contributed by atoms with Crippen molar-refractivity contribution in [2.45, 2.75) is 18.9 Å². The third-order valence-corrected chi connectivity index (χ3v) is 4.21. The fourth-order valence-electron chi connectivity index (χ4n) is 3.02. The van der Waals surface area contributed by atoms with Crippen LogP contribution < -0.4 is 0 Å². The largest absolute Gasteiger partial charge is 0.463 e. The lowest BCUT2D eigenvalue weighted by Gasteiger charge is -2.32. The van der Waals surface area contributed by atoms with Gasteiger partial charge in [-0.2, -0.15) is 5.10 Å². The van der Waals surface area contributed by atoms with Gasteiger partial charge in [-0.1, -0.05) is 0 Å². The molecule has 0 spiro atoms. The molecule has 7 heteroatoms. The number of carbonyl (C=O) groups excluding carboxylic acids is 1. The Morgan fingerprint density at radius 3 is 3.17 bits per heavy atom. The molecule has 3 aromatic heterocycles. The maximum Gasteiger partial charge on any atom is 0.274 e. The normalized spacial score (nSPS) is 18.3. The summed E-state index contributed by atoms with van der Waals surface area (Å²) < 4.78 is 7.39. The maximum absolute atomic E-state index is 12.7. The Labute approximate surface area is 132 Å². The summed E-state index contributed by atoms with van der Waals surface area (Å²) in [5.41, 5.74) is 1.13. The van der Waals surface area contributed by atoms with Gasteiger partial charge in [0.1, 0.15) is 5.69 Å². The fourth-order valence-corrected chi connectivity index (χ4v) is 3.02. The Balaban J connectivity index is 1.50. The van der Waals surface area contributed by atoms with E-state index < -0.39 is 0 Å². The highest BCUT2D eigenvalue weighted by Gasteiger charge is 2.26. The quantitative estimate of drug-likeness (QED) is 0.805. The van der Waals surface area contributed by atoms with Crippen LogP contribution in [0, 0.1) is 0 Å². The van der Waals surface area contributed by atoms with Crippen LogP contribution in [0.4, 0.5) is 0 Å².